The minimum Gasteiger partial charge on any atom is -0.439 e. The molecule has 1 atom stereocenters. The molecule has 0 bridgehead atoms. The van der Waals surface area contributed by atoms with Crippen LogP contribution in [0.3, 0.4) is 0 Å². The van der Waals surface area contributed by atoms with E-state index in [-0.39, 0.29) is 23.2 Å². The highest BCUT2D eigenvalue weighted by Crippen LogP contribution is 2.33. The van der Waals surface area contributed by atoms with Gasteiger partial charge in [0.1, 0.15) is 5.75 Å². The van der Waals surface area contributed by atoms with Crippen LogP contribution in [0.25, 0.3) is 0 Å². The van der Waals surface area contributed by atoms with Gasteiger partial charge < -0.3 is 25.2 Å². The summed E-state index contributed by atoms with van der Waals surface area (Å²) in [7, 11) is 0. The Morgan fingerprint density at radius 1 is 1.08 bits per heavy atom. The number of nitrogens with zero attached hydrogens (tertiary/aromatic N) is 3. The van der Waals surface area contributed by atoms with Gasteiger partial charge in [-0.1, -0.05) is 12.6 Å². The lowest BCUT2D eigenvalue weighted by Gasteiger charge is -2.41. The number of hydrogen-bond donors (Lipinski definition) is 2. The summed E-state index contributed by atoms with van der Waals surface area (Å²) in [6.45, 7) is 12.5. The van der Waals surface area contributed by atoms with Crippen molar-refractivity contribution in [3.05, 3.63) is 78.1 Å². The molecule has 1 aliphatic rings. The second-order valence-electron chi connectivity index (χ2n) is 9.18. The van der Waals surface area contributed by atoms with E-state index in [1.54, 1.807) is 37.3 Å². The molecular weight excluding hydrogens is 511 g/mol. The van der Waals surface area contributed by atoms with Gasteiger partial charge in [-0.15, -0.1) is 0 Å². The van der Waals surface area contributed by atoms with Crippen molar-refractivity contribution < 1.29 is 27.5 Å². The first-order valence-corrected chi connectivity index (χ1v) is 12.3. The Morgan fingerprint density at radius 2 is 1.72 bits per heavy atom. The van der Waals surface area contributed by atoms with Crippen LogP contribution in [0.1, 0.15) is 31.9 Å². The Balaban J connectivity index is 1.62. The van der Waals surface area contributed by atoms with Gasteiger partial charge in [0.25, 0.3) is 0 Å². The van der Waals surface area contributed by atoms with Crippen LogP contribution in [0.4, 0.5) is 29.3 Å². The summed E-state index contributed by atoms with van der Waals surface area (Å²) in [6.07, 6.45) is -1.36. The molecule has 8 nitrogen and oxygen atoms in total. The third kappa shape index (κ3) is 8.10. The summed E-state index contributed by atoms with van der Waals surface area (Å²) in [5.74, 6) is 0.817. The monoisotopic (exact) mass is 543 g/mol. The summed E-state index contributed by atoms with van der Waals surface area (Å²) >= 11 is 0. The van der Waals surface area contributed by atoms with E-state index in [1.807, 2.05) is 18.7 Å². The van der Waals surface area contributed by atoms with E-state index in [4.69, 9.17) is 4.74 Å². The van der Waals surface area contributed by atoms with Crippen LogP contribution >= 0.6 is 0 Å². The van der Waals surface area contributed by atoms with Gasteiger partial charge in [0.05, 0.1) is 5.56 Å². The van der Waals surface area contributed by atoms with E-state index in [1.165, 1.54) is 25.3 Å². The molecule has 0 unspecified atom stereocenters. The Hall–Kier alpha value is -4.28. The maximum Gasteiger partial charge on any atom is 0.416 e. The predicted molar refractivity (Wildman–Crippen MR) is 146 cm³/mol. The quantitative estimate of drug-likeness (QED) is 0.344. The summed E-state index contributed by atoms with van der Waals surface area (Å²) in [6, 6.07) is 9.47. The molecule has 1 aliphatic heterocycles. The van der Waals surface area contributed by atoms with Crippen molar-refractivity contribution in [2.24, 2.45) is 4.99 Å². The van der Waals surface area contributed by atoms with Crippen molar-refractivity contribution in [2.75, 3.05) is 30.3 Å². The number of alkyl halides is 3. The van der Waals surface area contributed by atoms with Crippen molar-refractivity contribution >= 4 is 29.2 Å². The number of hydrogen-bond acceptors (Lipinski definition) is 5. The number of urea groups is 1. The Bertz CT molecular complexity index is 1270. The first-order valence-electron chi connectivity index (χ1n) is 12.3. The van der Waals surface area contributed by atoms with Crippen molar-refractivity contribution in [2.45, 2.75) is 39.9 Å². The van der Waals surface area contributed by atoms with Gasteiger partial charge in [-0.3, -0.25) is 4.79 Å². The fourth-order valence-electron chi connectivity index (χ4n) is 4.24. The zero-order valence-electron chi connectivity index (χ0n) is 22.3. The number of aliphatic imine (C=N–C) groups is 1. The standard InChI is InChI=1S/C28H32F3N5O3/c1-6-32-26(15-19(3)36-14-13-35(21(5)37)17-20(36)4)39-24-11-9-22(10-12-24)33-27(38)34-23-8-7-18(2)25(16-23)28(29,30)31/h6-12,15-16,20H,1,13-14,17H2,2-5H3,(H2,33,34,38)/b19-15+,32-26?/t20-/m1/s1. The van der Waals surface area contributed by atoms with Crippen LogP contribution in [0.2, 0.25) is 0 Å². The van der Waals surface area contributed by atoms with Crippen LogP contribution in [0.15, 0.2) is 72.0 Å². The molecule has 2 aromatic carbocycles. The van der Waals surface area contributed by atoms with Gasteiger partial charge in [-0.05, 0) is 62.7 Å². The van der Waals surface area contributed by atoms with E-state index < -0.39 is 17.8 Å². The van der Waals surface area contributed by atoms with E-state index >= 15 is 0 Å². The first kappa shape index (κ1) is 29.3. The third-order valence-corrected chi connectivity index (χ3v) is 6.21. The lowest BCUT2D eigenvalue weighted by molar-refractivity contribution is -0.138. The minimum atomic E-state index is -4.52. The number of halogens is 3. The molecular formula is C28H32F3N5O3. The zero-order chi connectivity index (χ0) is 28.7. The molecule has 1 saturated heterocycles. The number of anilines is 2. The number of rotatable bonds is 6. The number of aryl methyl sites for hydroxylation is 1. The molecule has 39 heavy (non-hydrogen) atoms. The van der Waals surface area contributed by atoms with Crippen molar-refractivity contribution in [3.8, 4) is 5.75 Å². The van der Waals surface area contributed by atoms with Crippen LogP contribution in [0.5, 0.6) is 5.75 Å². The van der Waals surface area contributed by atoms with Crippen LogP contribution in [0, 0.1) is 6.92 Å². The highest BCUT2D eigenvalue weighted by molar-refractivity contribution is 6.00. The van der Waals surface area contributed by atoms with Crippen molar-refractivity contribution in [1.82, 2.24) is 9.80 Å². The largest absolute Gasteiger partial charge is 0.439 e. The molecule has 1 fully saturated rings. The molecule has 0 radical (unpaired) electrons. The average Bonchev–Trinajstić information content (AvgIpc) is 2.85. The predicted octanol–water partition coefficient (Wildman–Crippen LogP) is 6.04. The number of carbonyl (C=O) groups excluding carboxylic acids is 2. The topological polar surface area (TPSA) is 86.3 Å². The maximum absolute atomic E-state index is 13.1. The molecule has 208 valence electrons. The minimum absolute atomic E-state index is 0.0230. The Morgan fingerprint density at radius 3 is 2.31 bits per heavy atom. The number of carbonyl (C=O) groups is 2. The van der Waals surface area contributed by atoms with Gasteiger partial charge in [0.2, 0.25) is 11.8 Å². The molecule has 0 spiro atoms. The molecule has 0 aliphatic carbocycles. The molecule has 11 heteroatoms. The van der Waals surface area contributed by atoms with Gasteiger partial charge in [-0.2, -0.15) is 13.2 Å². The molecule has 0 saturated carbocycles. The van der Waals surface area contributed by atoms with Crippen molar-refractivity contribution in [3.63, 3.8) is 0 Å². The molecule has 2 N–H and O–H groups in total. The Kier molecular flexibility index (Phi) is 9.39. The summed E-state index contributed by atoms with van der Waals surface area (Å²) in [5.41, 5.74) is 0.615. The second-order valence-corrected chi connectivity index (χ2v) is 9.18. The molecule has 3 rings (SSSR count). The number of ether oxygens (including phenoxy) is 1. The number of nitrogens with one attached hydrogen (secondary N) is 2. The number of amides is 3. The smallest absolute Gasteiger partial charge is 0.416 e. The highest BCUT2D eigenvalue weighted by atomic mass is 19.4. The highest BCUT2D eigenvalue weighted by Gasteiger charge is 2.32. The molecule has 2 aromatic rings. The molecule has 3 amide bonds. The van der Waals surface area contributed by atoms with Gasteiger partial charge in [-0.25, -0.2) is 9.79 Å². The summed E-state index contributed by atoms with van der Waals surface area (Å²) in [4.78, 5) is 32.2. The maximum atomic E-state index is 13.1. The van der Waals surface area contributed by atoms with E-state index in [0.29, 0.717) is 37.0 Å². The molecule has 1 heterocycles. The van der Waals surface area contributed by atoms with E-state index in [9.17, 15) is 22.8 Å². The number of benzene rings is 2. The van der Waals surface area contributed by atoms with E-state index in [2.05, 4.69) is 27.1 Å². The van der Waals surface area contributed by atoms with Crippen LogP contribution < -0.4 is 15.4 Å². The zero-order valence-corrected chi connectivity index (χ0v) is 22.3. The lowest BCUT2D eigenvalue weighted by atomic mass is 10.1. The first-order chi connectivity index (χ1) is 18.4. The van der Waals surface area contributed by atoms with Gasteiger partial charge in [0, 0.05) is 61.9 Å². The van der Waals surface area contributed by atoms with Gasteiger partial charge >= 0.3 is 12.2 Å². The second kappa shape index (κ2) is 12.5. The number of piperazine rings is 1. The summed E-state index contributed by atoms with van der Waals surface area (Å²) < 4.78 is 45.3. The number of allylic oxidation sites excluding steroid dienone is 1. The third-order valence-electron chi connectivity index (χ3n) is 6.21. The Labute approximate surface area is 225 Å². The SMILES string of the molecule is C=CN=C(/C=C(\C)N1CCN(C(C)=O)C[C@H]1C)Oc1ccc(NC(=O)Nc2ccc(C)c(C(F)(F)F)c2)cc1. The van der Waals surface area contributed by atoms with Gasteiger partial charge in [0.15, 0.2) is 0 Å². The average molecular weight is 544 g/mol. The summed E-state index contributed by atoms with van der Waals surface area (Å²) in [5, 5.41) is 4.99. The lowest BCUT2D eigenvalue weighted by Crippen LogP contribution is -2.52. The van der Waals surface area contributed by atoms with Crippen molar-refractivity contribution in [1.29, 1.82) is 0 Å². The fraction of sp³-hybridized carbons (Fsp3) is 0.321. The van der Waals surface area contributed by atoms with Crippen LogP contribution in [-0.2, 0) is 11.0 Å². The van der Waals surface area contributed by atoms with Crippen LogP contribution in [-0.4, -0.2) is 53.3 Å². The normalized spacial score (nSPS) is 16.5. The fourth-order valence-corrected chi connectivity index (χ4v) is 4.24. The van der Waals surface area contributed by atoms with E-state index in [0.717, 1.165) is 11.8 Å². The molecule has 0 aromatic heterocycles.